The van der Waals surface area contributed by atoms with Gasteiger partial charge < -0.3 is 10.5 Å². The molecule has 4 rings (SSSR count). The third-order valence-electron chi connectivity index (χ3n) is 5.54. The number of carbonyl (C=O) groups excluding carboxylic acids is 1. The zero-order chi connectivity index (χ0) is 21.3. The minimum Gasteiger partial charge on any atom is -0.381 e. The van der Waals surface area contributed by atoms with Gasteiger partial charge >= 0.3 is 0 Å². The molecule has 2 heterocycles. The smallest absolute Gasteiger partial charge is 0.228 e. The van der Waals surface area contributed by atoms with Gasteiger partial charge in [0.2, 0.25) is 5.91 Å². The molecule has 1 aromatic heterocycles. The second kappa shape index (κ2) is 8.20. The normalized spacial score (nSPS) is 15.8. The Labute approximate surface area is 177 Å². The first-order chi connectivity index (χ1) is 14.4. The number of rotatable bonds is 5. The molecule has 8 heteroatoms. The summed E-state index contributed by atoms with van der Waals surface area (Å²) in [4.78, 5) is 13.1. The number of aromatic nitrogens is 2. The molecule has 3 aromatic rings. The second-order valence-electron chi connectivity index (χ2n) is 7.29. The average molecular weight is 429 g/mol. The molecule has 2 aromatic carbocycles. The number of nitrogens with zero attached hydrogens (tertiary/aromatic N) is 2. The van der Waals surface area contributed by atoms with E-state index in [1.165, 1.54) is 0 Å². The van der Waals surface area contributed by atoms with Crippen molar-refractivity contribution >= 4 is 17.7 Å². The highest BCUT2D eigenvalue weighted by molar-refractivity contribution is 7.99. The number of ether oxygens (including phenoxy) is 1. The number of hydrogen-bond donors (Lipinski definition) is 1. The number of aryl methyl sites for hydroxylation is 1. The first kappa shape index (κ1) is 20.6. The van der Waals surface area contributed by atoms with Gasteiger partial charge in [0.05, 0.1) is 16.0 Å². The maximum Gasteiger partial charge on any atom is 0.228 e. The third kappa shape index (κ3) is 3.73. The molecule has 0 atom stereocenters. The number of carbonyl (C=O) groups is 1. The number of halogens is 2. The molecular weight excluding hydrogens is 408 g/mol. The molecule has 5 nitrogen and oxygen atoms in total. The van der Waals surface area contributed by atoms with Crippen molar-refractivity contribution in [3.05, 3.63) is 65.9 Å². The van der Waals surface area contributed by atoms with E-state index in [0.29, 0.717) is 0 Å². The summed E-state index contributed by atoms with van der Waals surface area (Å²) in [5, 5.41) is 4.15. The lowest BCUT2D eigenvalue weighted by Crippen LogP contribution is -2.46. The molecule has 30 heavy (non-hydrogen) atoms. The van der Waals surface area contributed by atoms with E-state index in [9.17, 15) is 9.18 Å². The molecule has 1 saturated heterocycles. The van der Waals surface area contributed by atoms with Gasteiger partial charge in [-0.05, 0) is 48.7 Å². The van der Waals surface area contributed by atoms with Crippen LogP contribution in [0.15, 0.2) is 58.5 Å². The van der Waals surface area contributed by atoms with Crippen LogP contribution in [0.3, 0.4) is 0 Å². The third-order valence-corrected chi connectivity index (χ3v) is 6.56. The van der Waals surface area contributed by atoms with Gasteiger partial charge in [-0.3, -0.25) is 9.48 Å². The molecular formula is C22H21F2N3O2S. The van der Waals surface area contributed by atoms with Gasteiger partial charge in [-0.2, -0.15) is 5.10 Å². The van der Waals surface area contributed by atoms with Crippen molar-refractivity contribution in [1.29, 1.82) is 0 Å². The quantitative estimate of drug-likeness (QED) is 0.664. The lowest BCUT2D eigenvalue weighted by atomic mass is 9.73. The Balaban J connectivity index is 1.67. The lowest BCUT2D eigenvalue weighted by Gasteiger charge is -2.35. The van der Waals surface area contributed by atoms with Crippen molar-refractivity contribution in [2.75, 3.05) is 13.2 Å². The van der Waals surface area contributed by atoms with Crippen LogP contribution in [-0.2, 0) is 22.0 Å². The van der Waals surface area contributed by atoms with E-state index in [1.54, 1.807) is 10.9 Å². The van der Waals surface area contributed by atoms with Crippen LogP contribution in [0.2, 0.25) is 0 Å². The fourth-order valence-corrected chi connectivity index (χ4v) is 4.73. The Morgan fingerprint density at radius 1 is 1.17 bits per heavy atom. The average Bonchev–Trinajstić information content (AvgIpc) is 3.17. The summed E-state index contributed by atoms with van der Waals surface area (Å²) in [6.45, 7) is 0.549. The van der Waals surface area contributed by atoms with Crippen LogP contribution in [0.4, 0.5) is 8.78 Å². The molecule has 2 N–H and O–H groups in total. The second-order valence-corrected chi connectivity index (χ2v) is 8.41. The van der Waals surface area contributed by atoms with Crippen LogP contribution >= 0.6 is 11.8 Å². The van der Waals surface area contributed by atoms with Crippen molar-refractivity contribution in [2.24, 2.45) is 12.8 Å². The predicted octanol–water partition coefficient (Wildman–Crippen LogP) is 4.05. The van der Waals surface area contributed by atoms with Crippen LogP contribution in [0.5, 0.6) is 0 Å². The van der Waals surface area contributed by atoms with Gasteiger partial charge in [-0.1, -0.05) is 23.9 Å². The van der Waals surface area contributed by atoms with Gasteiger partial charge in [0.15, 0.2) is 0 Å². The summed E-state index contributed by atoms with van der Waals surface area (Å²) in [6.07, 6.45) is 2.17. The predicted molar refractivity (Wildman–Crippen MR) is 110 cm³/mol. The molecule has 0 saturated carbocycles. The first-order valence-corrected chi connectivity index (χ1v) is 10.4. The van der Waals surface area contributed by atoms with E-state index in [1.807, 2.05) is 37.4 Å². The topological polar surface area (TPSA) is 70.1 Å². The summed E-state index contributed by atoms with van der Waals surface area (Å²) in [5.74, 6) is -1.88. The fourth-order valence-electron chi connectivity index (χ4n) is 3.83. The van der Waals surface area contributed by atoms with Crippen molar-refractivity contribution in [3.63, 3.8) is 0 Å². The molecule has 156 valence electrons. The first-order valence-electron chi connectivity index (χ1n) is 9.54. The highest BCUT2D eigenvalue weighted by atomic mass is 32.2. The van der Waals surface area contributed by atoms with Crippen LogP contribution < -0.4 is 5.73 Å². The van der Waals surface area contributed by atoms with E-state index in [2.05, 4.69) is 5.10 Å². The van der Waals surface area contributed by atoms with Crippen LogP contribution in [0, 0.1) is 11.6 Å². The van der Waals surface area contributed by atoms with E-state index in [-0.39, 0.29) is 36.5 Å². The zero-order valence-electron chi connectivity index (χ0n) is 16.4. The van der Waals surface area contributed by atoms with Crippen LogP contribution in [0.1, 0.15) is 18.4 Å². The number of amides is 1. The Morgan fingerprint density at radius 2 is 1.87 bits per heavy atom. The highest BCUT2D eigenvalue weighted by Crippen LogP contribution is 2.41. The summed E-state index contributed by atoms with van der Waals surface area (Å²) in [6, 6.07) is 11.6. The van der Waals surface area contributed by atoms with Crippen molar-refractivity contribution < 1.29 is 18.3 Å². The minimum atomic E-state index is -1.26. The van der Waals surface area contributed by atoms with Gasteiger partial charge in [0.25, 0.3) is 0 Å². The molecule has 0 unspecified atom stereocenters. The SMILES string of the molecule is Cn1nccc1-c1ccc(Sc2cc(F)cc(C3(C(N)=O)CCOCC3)c2F)cc1. The van der Waals surface area contributed by atoms with Crippen molar-refractivity contribution in [1.82, 2.24) is 9.78 Å². The van der Waals surface area contributed by atoms with E-state index < -0.39 is 23.0 Å². The number of hydrogen-bond acceptors (Lipinski definition) is 4. The van der Waals surface area contributed by atoms with E-state index in [0.717, 1.165) is 40.0 Å². The zero-order valence-corrected chi connectivity index (χ0v) is 17.2. The Hall–Kier alpha value is -2.71. The summed E-state index contributed by atoms with van der Waals surface area (Å²) in [5.41, 5.74) is 6.30. The molecule has 1 aliphatic heterocycles. The largest absolute Gasteiger partial charge is 0.381 e. The molecule has 0 spiro atoms. The van der Waals surface area contributed by atoms with Crippen LogP contribution in [-0.4, -0.2) is 28.9 Å². The molecule has 1 amide bonds. The molecule has 0 bridgehead atoms. The van der Waals surface area contributed by atoms with Crippen LogP contribution in [0.25, 0.3) is 11.3 Å². The maximum absolute atomic E-state index is 15.4. The van der Waals surface area contributed by atoms with Crippen molar-refractivity contribution in [3.8, 4) is 11.3 Å². The Morgan fingerprint density at radius 3 is 2.47 bits per heavy atom. The number of primary amides is 1. The minimum absolute atomic E-state index is 0.00676. The molecule has 1 aliphatic rings. The van der Waals surface area contributed by atoms with Gasteiger partial charge in [-0.25, -0.2) is 8.78 Å². The van der Waals surface area contributed by atoms with Gasteiger partial charge in [-0.15, -0.1) is 0 Å². The number of benzene rings is 2. The number of nitrogens with two attached hydrogens (primary N) is 1. The summed E-state index contributed by atoms with van der Waals surface area (Å²) < 4.78 is 36.9. The molecule has 0 radical (unpaired) electrons. The Kier molecular flexibility index (Phi) is 5.62. The molecule has 0 aliphatic carbocycles. The molecule has 1 fully saturated rings. The summed E-state index contributed by atoms with van der Waals surface area (Å²) >= 11 is 1.11. The maximum atomic E-state index is 15.4. The Bertz CT molecular complexity index is 1080. The monoisotopic (exact) mass is 429 g/mol. The van der Waals surface area contributed by atoms with E-state index in [4.69, 9.17) is 10.5 Å². The lowest BCUT2D eigenvalue weighted by molar-refractivity contribution is -0.127. The van der Waals surface area contributed by atoms with E-state index >= 15 is 4.39 Å². The summed E-state index contributed by atoms with van der Waals surface area (Å²) in [7, 11) is 1.85. The standard InChI is InChI=1S/C22H21F2N3O2S/c1-27-18(6-9-26-27)14-2-4-16(5-3-14)30-19-13-15(23)12-17(20(19)24)22(21(25)28)7-10-29-11-8-22/h2-6,9,12-13H,7-8,10-11H2,1H3,(H2,25,28). The highest BCUT2D eigenvalue weighted by Gasteiger charge is 2.43. The van der Waals surface area contributed by atoms with Crippen molar-refractivity contribution in [2.45, 2.75) is 28.0 Å². The fraction of sp³-hybridized carbons (Fsp3) is 0.273. The van der Waals surface area contributed by atoms with Gasteiger partial charge in [0, 0.05) is 36.9 Å². The van der Waals surface area contributed by atoms with Gasteiger partial charge in [0.1, 0.15) is 11.6 Å².